The highest BCUT2D eigenvalue weighted by Gasteiger charge is 2.13. The van der Waals surface area contributed by atoms with Crippen molar-refractivity contribution in [3.8, 4) is 0 Å². The highest BCUT2D eigenvalue weighted by Crippen LogP contribution is 2.26. The first-order valence-corrected chi connectivity index (χ1v) is 7.13. The minimum Gasteiger partial charge on any atom is -0.378 e. The molecular formula is C18H22FN. The van der Waals surface area contributed by atoms with Crippen molar-refractivity contribution in [3.05, 3.63) is 65.5 Å². The molecule has 0 amide bonds. The molecule has 0 saturated carbocycles. The van der Waals surface area contributed by atoms with E-state index in [1.165, 1.54) is 5.56 Å². The fourth-order valence-corrected chi connectivity index (χ4v) is 2.46. The maximum absolute atomic E-state index is 13.5. The van der Waals surface area contributed by atoms with Crippen LogP contribution in [0.5, 0.6) is 0 Å². The SMILES string of the molecule is Cc1cc(F)cc(NC(CC(C)C)c2ccccc2)c1. The van der Waals surface area contributed by atoms with Crippen molar-refractivity contribution in [1.29, 1.82) is 0 Å². The van der Waals surface area contributed by atoms with E-state index in [0.29, 0.717) is 5.92 Å². The van der Waals surface area contributed by atoms with Crippen LogP contribution in [0.15, 0.2) is 48.5 Å². The molecule has 0 aliphatic carbocycles. The third-order valence-corrected chi connectivity index (χ3v) is 3.29. The van der Waals surface area contributed by atoms with Crippen molar-refractivity contribution < 1.29 is 4.39 Å². The summed E-state index contributed by atoms with van der Waals surface area (Å²) in [5.74, 6) is 0.381. The standard InChI is InChI=1S/C18H22FN/c1-13(2)9-18(15-7-5-4-6-8-15)20-17-11-14(3)10-16(19)12-17/h4-8,10-13,18,20H,9H2,1-3H3. The number of hydrogen-bond acceptors (Lipinski definition) is 1. The summed E-state index contributed by atoms with van der Waals surface area (Å²) in [5, 5.41) is 3.47. The second-order valence-corrected chi connectivity index (χ2v) is 5.75. The van der Waals surface area contributed by atoms with Crippen LogP contribution in [0.3, 0.4) is 0 Å². The van der Waals surface area contributed by atoms with Crippen LogP contribution in [0.25, 0.3) is 0 Å². The van der Waals surface area contributed by atoms with Gasteiger partial charge in [0.05, 0.1) is 6.04 Å². The van der Waals surface area contributed by atoms with E-state index in [9.17, 15) is 4.39 Å². The Morgan fingerprint density at radius 2 is 1.75 bits per heavy atom. The molecule has 2 rings (SSSR count). The number of benzene rings is 2. The van der Waals surface area contributed by atoms with Crippen LogP contribution >= 0.6 is 0 Å². The fraction of sp³-hybridized carbons (Fsp3) is 0.333. The molecule has 106 valence electrons. The van der Waals surface area contributed by atoms with Crippen molar-refractivity contribution in [2.75, 3.05) is 5.32 Å². The summed E-state index contributed by atoms with van der Waals surface area (Å²) in [6.07, 6.45) is 1.01. The molecule has 0 aliphatic heterocycles. The second kappa shape index (κ2) is 6.56. The molecule has 2 aromatic carbocycles. The summed E-state index contributed by atoms with van der Waals surface area (Å²) in [5.41, 5.74) is 3.02. The molecule has 20 heavy (non-hydrogen) atoms. The first kappa shape index (κ1) is 14.6. The van der Waals surface area contributed by atoms with Crippen molar-refractivity contribution in [1.82, 2.24) is 0 Å². The summed E-state index contributed by atoms with van der Waals surface area (Å²) in [6, 6.07) is 15.6. The highest BCUT2D eigenvalue weighted by atomic mass is 19.1. The van der Waals surface area contributed by atoms with E-state index in [1.54, 1.807) is 12.1 Å². The van der Waals surface area contributed by atoms with Crippen LogP contribution in [0.2, 0.25) is 0 Å². The Balaban J connectivity index is 2.23. The van der Waals surface area contributed by atoms with Gasteiger partial charge in [-0.25, -0.2) is 4.39 Å². The van der Waals surface area contributed by atoms with Crippen LogP contribution in [-0.2, 0) is 0 Å². The van der Waals surface area contributed by atoms with Gasteiger partial charge >= 0.3 is 0 Å². The molecular weight excluding hydrogens is 249 g/mol. The van der Waals surface area contributed by atoms with Crippen LogP contribution in [0.1, 0.15) is 37.4 Å². The quantitative estimate of drug-likeness (QED) is 0.774. The molecule has 1 nitrogen and oxygen atoms in total. The van der Waals surface area contributed by atoms with Gasteiger partial charge in [-0.2, -0.15) is 0 Å². The Morgan fingerprint density at radius 1 is 1.05 bits per heavy atom. The minimum atomic E-state index is -0.191. The zero-order valence-electron chi connectivity index (χ0n) is 12.4. The molecule has 0 aromatic heterocycles. The first-order valence-electron chi connectivity index (χ1n) is 7.13. The predicted molar refractivity (Wildman–Crippen MR) is 83.4 cm³/mol. The Hall–Kier alpha value is -1.83. The van der Waals surface area contributed by atoms with Gasteiger partial charge in [0.15, 0.2) is 0 Å². The lowest BCUT2D eigenvalue weighted by molar-refractivity contribution is 0.530. The number of hydrogen-bond donors (Lipinski definition) is 1. The zero-order chi connectivity index (χ0) is 14.5. The molecule has 0 bridgehead atoms. The molecule has 1 atom stereocenters. The van der Waals surface area contributed by atoms with E-state index in [1.807, 2.05) is 31.2 Å². The maximum Gasteiger partial charge on any atom is 0.125 e. The topological polar surface area (TPSA) is 12.0 Å². The number of rotatable bonds is 5. The Labute approximate surface area is 120 Å². The normalized spacial score (nSPS) is 12.4. The Morgan fingerprint density at radius 3 is 2.35 bits per heavy atom. The molecule has 0 spiro atoms. The van der Waals surface area contributed by atoms with Crippen molar-refractivity contribution in [2.24, 2.45) is 5.92 Å². The van der Waals surface area contributed by atoms with E-state index >= 15 is 0 Å². The lowest BCUT2D eigenvalue weighted by atomic mass is 9.96. The third kappa shape index (κ3) is 4.09. The smallest absolute Gasteiger partial charge is 0.125 e. The van der Waals surface area contributed by atoms with Crippen LogP contribution in [0.4, 0.5) is 10.1 Å². The molecule has 0 heterocycles. The van der Waals surface area contributed by atoms with Crippen LogP contribution in [0, 0.1) is 18.7 Å². The molecule has 0 fully saturated rings. The zero-order valence-corrected chi connectivity index (χ0v) is 12.4. The van der Waals surface area contributed by atoms with E-state index < -0.39 is 0 Å². The van der Waals surface area contributed by atoms with Gasteiger partial charge in [0.25, 0.3) is 0 Å². The van der Waals surface area contributed by atoms with Crippen LogP contribution < -0.4 is 5.32 Å². The summed E-state index contributed by atoms with van der Waals surface area (Å²) in [4.78, 5) is 0. The molecule has 0 radical (unpaired) electrons. The predicted octanol–water partition coefficient (Wildman–Crippen LogP) is 5.33. The van der Waals surface area contributed by atoms with Crippen LogP contribution in [-0.4, -0.2) is 0 Å². The van der Waals surface area contributed by atoms with E-state index in [0.717, 1.165) is 17.7 Å². The lowest BCUT2D eigenvalue weighted by Gasteiger charge is -2.22. The second-order valence-electron chi connectivity index (χ2n) is 5.75. The van der Waals surface area contributed by atoms with Gasteiger partial charge in [-0.05, 0) is 48.6 Å². The van der Waals surface area contributed by atoms with E-state index in [2.05, 4.69) is 31.3 Å². The lowest BCUT2D eigenvalue weighted by Crippen LogP contribution is -2.13. The van der Waals surface area contributed by atoms with E-state index in [4.69, 9.17) is 0 Å². The van der Waals surface area contributed by atoms with Gasteiger partial charge < -0.3 is 5.32 Å². The molecule has 2 heteroatoms. The summed E-state index contributed by atoms with van der Waals surface area (Å²) in [6.45, 7) is 6.32. The van der Waals surface area contributed by atoms with E-state index in [-0.39, 0.29) is 11.9 Å². The molecule has 2 aromatic rings. The fourth-order valence-electron chi connectivity index (χ4n) is 2.46. The molecule has 0 aliphatic rings. The number of halogens is 1. The first-order chi connectivity index (χ1) is 9.54. The highest BCUT2D eigenvalue weighted by molar-refractivity contribution is 5.48. The molecule has 1 unspecified atom stereocenters. The molecule has 1 N–H and O–H groups in total. The van der Waals surface area contributed by atoms with Crippen molar-refractivity contribution >= 4 is 5.69 Å². The van der Waals surface area contributed by atoms with Gasteiger partial charge in [0.1, 0.15) is 5.82 Å². The summed E-state index contributed by atoms with van der Waals surface area (Å²) >= 11 is 0. The monoisotopic (exact) mass is 271 g/mol. The van der Waals surface area contributed by atoms with Gasteiger partial charge in [-0.3, -0.25) is 0 Å². The van der Waals surface area contributed by atoms with Gasteiger partial charge in [-0.1, -0.05) is 44.2 Å². The average Bonchev–Trinajstić information content (AvgIpc) is 2.37. The van der Waals surface area contributed by atoms with Crippen molar-refractivity contribution in [3.63, 3.8) is 0 Å². The number of aryl methyl sites for hydroxylation is 1. The minimum absolute atomic E-state index is 0.191. The Kier molecular flexibility index (Phi) is 4.78. The number of anilines is 1. The average molecular weight is 271 g/mol. The van der Waals surface area contributed by atoms with Gasteiger partial charge in [0.2, 0.25) is 0 Å². The summed E-state index contributed by atoms with van der Waals surface area (Å²) in [7, 11) is 0. The Bertz CT molecular complexity index is 528. The number of nitrogens with one attached hydrogen (secondary N) is 1. The van der Waals surface area contributed by atoms with Gasteiger partial charge in [-0.15, -0.1) is 0 Å². The third-order valence-electron chi connectivity index (χ3n) is 3.29. The maximum atomic E-state index is 13.5. The van der Waals surface area contributed by atoms with Gasteiger partial charge in [0, 0.05) is 5.69 Å². The molecule has 0 saturated heterocycles. The summed E-state index contributed by atoms with van der Waals surface area (Å²) < 4.78 is 13.5. The van der Waals surface area contributed by atoms with Crippen molar-refractivity contribution in [2.45, 2.75) is 33.2 Å². The largest absolute Gasteiger partial charge is 0.378 e.